The van der Waals surface area contributed by atoms with Crippen LogP contribution in [0.5, 0.6) is 0 Å². The lowest BCUT2D eigenvalue weighted by molar-refractivity contribution is -0.883. The van der Waals surface area contributed by atoms with Gasteiger partial charge in [-0.05, 0) is 19.3 Å². The Morgan fingerprint density at radius 3 is 1.86 bits per heavy atom. The molecule has 0 heterocycles. The largest absolute Gasteiger partial charge is 0.477 e. The van der Waals surface area contributed by atoms with Gasteiger partial charge in [0.2, 0.25) is 0 Å². The molecule has 22 heavy (non-hydrogen) atoms. The number of hydrogen-bond acceptors (Lipinski definition) is 2. The van der Waals surface area contributed by atoms with E-state index >= 15 is 0 Å². The fourth-order valence-electron chi connectivity index (χ4n) is 2.71. The number of quaternary nitrogens is 1. The van der Waals surface area contributed by atoms with E-state index in [9.17, 15) is 9.59 Å². The summed E-state index contributed by atoms with van der Waals surface area (Å²) >= 11 is 0. The first-order chi connectivity index (χ1) is 10.4. The van der Waals surface area contributed by atoms with Gasteiger partial charge in [-0.2, -0.15) is 0 Å². The summed E-state index contributed by atoms with van der Waals surface area (Å²) in [5.74, 6) is -0.392. The van der Waals surface area contributed by atoms with Crippen molar-refractivity contribution in [3.05, 3.63) is 0 Å². The first-order valence-electron chi connectivity index (χ1n) is 8.93. The number of ketones is 1. The minimum Gasteiger partial charge on any atom is -0.477 e. The fraction of sp³-hybridized carbons (Fsp3) is 0.889. The molecular weight excluding hydrogens is 278 g/mol. The van der Waals surface area contributed by atoms with E-state index < -0.39 is 5.97 Å². The molecule has 0 aromatic rings. The normalized spacial score (nSPS) is 11.6. The van der Waals surface area contributed by atoms with Crippen molar-refractivity contribution in [2.75, 3.05) is 27.2 Å². The molecule has 4 nitrogen and oxygen atoms in total. The maximum atomic E-state index is 11.8. The van der Waals surface area contributed by atoms with Crippen LogP contribution < -0.4 is 0 Å². The molecule has 0 amide bonds. The van der Waals surface area contributed by atoms with Gasteiger partial charge < -0.3 is 9.59 Å². The molecule has 0 aliphatic heterocycles. The van der Waals surface area contributed by atoms with Gasteiger partial charge in [-0.1, -0.05) is 45.4 Å². The second kappa shape index (κ2) is 12.6. The van der Waals surface area contributed by atoms with Crippen LogP contribution >= 0.6 is 0 Å². The predicted octanol–water partition coefficient (Wildman–Crippen LogP) is 4.03. The molecule has 0 rings (SSSR count). The van der Waals surface area contributed by atoms with Crippen molar-refractivity contribution in [1.29, 1.82) is 0 Å². The monoisotopic (exact) mass is 314 g/mol. The summed E-state index contributed by atoms with van der Waals surface area (Å²) < 4.78 is 0.487. The standard InChI is InChI=1S/C18H35NO3/c1-4-5-6-7-8-9-10-13-17(20)14-11-12-15-19(2,3)16-18(21)22/h4-16H2,1-3H3/p+1. The molecule has 0 spiro atoms. The molecule has 130 valence electrons. The Balaban J connectivity index is 3.48. The van der Waals surface area contributed by atoms with Crippen LogP contribution in [0, 0.1) is 0 Å². The van der Waals surface area contributed by atoms with E-state index in [0.29, 0.717) is 16.7 Å². The fourth-order valence-corrected chi connectivity index (χ4v) is 2.71. The van der Waals surface area contributed by atoms with E-state index in [4.69, 9.17) is 5.11 Å². The summed E-state index contributed by atoms with van der Waals surface area (Å²) in [7, 11) is 3.85. The van der Waals surface area contributed by atoms with E-state index in [2.05, 4.69) is 6.92 Å². The number of rotatable bonds is 15. The number of carbonyl (C=O) groups is 2. The highest BCUT2D eigenvalue weighted by Crippen LogP contribution is 2.11. The van der Waals surface area contributed by atoms with Gasteiger partial charge in [0.05, 0.1) is 20.6 Å². The molecule has 0 aromatic heterocycles. The molecule has 4 heteroatoms. The van der Waals surface area contributed by atoms with E-state index in [1.54, 1.807) is 0 Å². The van der Waals surface area contributed by atoms with Gasteiger partial charge in [0.15, 0.2) is 6.54 Å². The van der Waals surface area contributed by atoms with Crippen LogP contribution in [0.2, 0.25) is 0 Å². The maximum absolute atomic E-state index is 11.8. The van der Waals surface area contributed by atoms with Crippen LogP contribution in [0.1, 0.15) is 77.6 Å². The van der Waals surface area contributed by atoms with Crippen LogP contribution in [0.15, 0.2) is 0 Å². The number of carboxylic acids is 1. The molecule has 0 aliphatic carbocycles. The lowest BCUT2D eigenvalue weighted by Crippen LogP contribution is -2.44. The zero-order valence-corrected chi connectivity index (χ0v) is 14.9. The third-order valence-electron chi connectivity index (χ3n) is 4.09. The molecule has 0 fully saturated rings. The van der Waals surface area contributed by atoms with Gasteiger partial charge in [-0.25, -0.2) is 4.79 Å². The molecule has 0 unspecified atom stereocenters. The van der Waals surface area contributed by atoms with Crippen molar-refractivity contribution in [3.8, 4) is 0 Å². The summed E-state index contributed by atoms with van der Waals surface area (Å²) in [6, 6.07) is 0. The quantitative estimate of drug-likeness (QED) is 0.367. The van der Waals surface area contributed by atoms with Crippen molar-refractivity contribution >= 4 is 11.8 Å². The smallest absolute Gasteiger partial charge is 0.359 e. The molecule has 0 saturated heterocycles. The first kappa shape index (κ1) is 21.1. The highest BCUT2D eigenvalue weighted by molar-refractivity contribution is 5.78. The van der Waals surface area contributed by atoms with E-state index in [1.165, 1.54) is 38.5 Å². The third kappa shape index (κ3) is 14.1. The Bertz CT molecular complexity index is 313. The Morgan fingerprint density at radius 1 is 0.818 bits per heavy atom. The summed E-state index contributed by atoms with van der Waals surface area (Å²) in [5, 5.41) is 8.81. The van der Waals surface area contributed by atoms with Crippen LogP contribution in [-0.2, 0) is 9.59 Å². The number of carbonyl (C=O) groups excluding carboxylic acids is 1. The number of likely N-dealkylation sites (N-methyl/N-ethyl adjacent to an activating group) is 1. The van der Waals surface area contributed by atoms with Crippen molar-refractivity contribution in [2.45, 2.75) is 77.6 Å². The Labute approximate surface area is 136 Å². The van der Waals surface area contributed by atoms with Gasteiger partial charge in [0.1, 0.15) is 5.78 Å². The van der Waals surface area contributed by atoms with Crippen molar-refractivity contribution in [2.24, 2.45) is 0 Å². The SMILES string of the molecule is CCCCCCCCCC(=O)CCCC[N+](C)(C)CC(=O)O. The second-order valence-corrected chi connectivity index (χ2v) is 7.08. The lowest BCUT2D eigenvalue weighted by Gasteiger charge is -2.27. The minimum absolute atomic E-state index is 0.145. The number of nitrogens with zero attached hydrogens (tertiary/aromatic N) is 1. The highest BCUT2D eigenvalue weighted by atomic mass is 16.4. The average Bonchev–Trinajstić information content (AvgIpc) is 2.41. The van der Waals surface area contributed by atoms with E-state index in [0.717, 1.165) is 32.2 Å². The van der Waals surface area contributed by atoms with Gasteiger partial charge in [-0.15, -0.1) is 0 Å². The summed E-state index contributed by atoms with van der Waals surface area (Å²) in [6.45, 7) is 3.18. The number of hydrogen-bond donors (Lipinski definition) is 1. The van der Waals surface area contributed by atoms with Crippen molar-refractivity contribution < 1.29 is 19.2 Å². The topological polar surface area (TPSA) is 54.4 Å². The molecule has 0 aromatic carbocycles. The van der Waals surface area contributed by atoms with E-state index in [1.807, 2.05) is 14.1 Å². The minimum atomic E-state index is -0.764. The number of carboxylic acid groups (broad SMARTS) is 1. The predicted molar refractivity (Wildman–Crippen MR) is 90.9 cm³/mol. The van der Waals surface area contributed by atoms with Crippen molar-refractivity contribution in [1.82, 2.24) is 0 Å². The van der Waals surface area contributed by atoms with Crippen LogP contribution in [-0.4, -0.2) is 48.5 Å². The van der Waals surface area contributed by atoms with Gasteiger partial charge in [0, 0.05) is 12.8 Å². The zero-order chi connectivity index (χ0) is 16.8. The summed E-state index contributed by atoms with van der Waals surface area (Å²) in [5.41, 5.74) is 0. The number of Topliss-reactive ketones (excluding diaryl/α,β-unsaturated/α-hetero) is 1. The van der Waals surface area contributed by atoms with Crippen molar-refractivity contribution in [3.63, 3.8) is 0 Å². The van der Waals surface area contributed by atoms with Crippen LogP contribution in [0.25, 0.3) is 0 Å². The molecular formula is C18H36NO3+. The van der Waals surface area contributed by atoms with Gasteiger partial charge >= 0.3 is 5.97 Å². The number of aliphatic carboxylic acids is 1. The molecule has 0 radical (unpaired) electrons. The summed E-state index contributed by atoms with van der Waals surface area (Å²) in [6.07, 6.45) is 11.9. The molecule has 1 N–H and O–H groups in total. The molecule has 0 saturated carbocycles. The van der Waals surface area contributed by atoms with E-state index in [-0.39, 0.29) is 6.54 Å². The molecule has 0 atom stereocenters. The second-order valence-electron chi connectivity index (χ2n) is 7.08. The molecule has 0 aliphatic rings. The van der Waals surface area contributed by atoms with Crippen LogP contribution in [0.3, 0.4) is 0 Å². The summed E-state index contributed by atoms with van der Waals surface area (Å²) in [4.78, 5) is 22.5. The molecule has 0 bridgehead atoms. The third-order valence-corrected chi connectivity index (χ3v) is 4.09. The Hall–Kier alpha value is -0.900. The average molecular weight is 314 g/mol. The Morgan fingerprint density at radius 2 is 1.32 bits per heavy atom. The van der Waals surface area contributed by atoms with Gasteiger partial charge in [-0.3, -0.25) is 4.79 Å². The Kier molecular flexibility index (Phi) is 12.1. The maximum Gasteiger partial charge on any atom is 0.359 e. The highest BCUT2D eigenvalue weighted by Gasteiger charge is 2.18. The van der Waals surface area contributed by atoms with Crippen LogP contribution in [0.4, 0.5) is 0 Å². The number of unbranched alkanes of at least 4 members (excludes halogenated alkanes) is 7. The lowest BCUT2D eigenvalue weighted by atomic mass is 10.0. The first-order valence-corrected chi connectivity index (χ1v) is 8.93. The van der Waals surface area contributed by atoms with Gasteiger partial charge in [0.25, 0.3) is 0 Å². The zero-order valence-electron chi connectivity index (χ0n) is 14.9.